The lowest BCUT2D eigenvalue weighted by Crippen LogP contribution is -2.31. The zero-order valence-corrected chi connectivity index (χ0v) is 16.1. The topological polar surface area (TPSA) is 85.8 Å². The largest absolute Gasteiger partial charge is 0.366 e. The van der Waals surface area contributed by atoms with Gasteiger partial charge in [0, 0.05) is 11.3 Å². The van der Waals surface area contributed by atoms with Crippen molar-refractivity contribution in [3.63, 3.8) is 0 Å². The van der Waals surface area contributed by atoms with Gasteiger partial charge in [0.05, 0.1) is 5.57 Å². The summed E-state index contributed by atoms with van der Waals surface area (Å²) in [6.45, 7) is 1.77. The molecular weight excluding hydrogens is 381 g/mol. The van der Waals surface area contributed by atoms with E-state index >= 15 is 0 Å². The van der Waals surface area contributed by atoms with Gasteiger partial charge in [-0.15, -0.1) is 5.10 Å². The second kappa shape index (κ2) is 6.81. The summed E-state index contributed by atoms with van der Waals surface area (Å²) in [4.78, 5) is 17.0. The minimum atomic E-state index is -0.601. The van der Waals surface area contributed by atoms with Gasteiger partial charge in [-0.2, -0.15) is 4.98 Å². The molecule has 3 aromatic carbocycles. The van der Waals surface area contributed by atoms with Crippen molar-refractivity contribution in [1.29, 1.82) is 0 Å². The number of nitrogens with zero attached hydrogens (tertiary/aromatic N) is 3. The zero-order chi connectivity index (χ0) is 20.8. The molecule has 0 fully saturated rings. The van der Waals surface area contributed by atoms with Crippen LogP contribution in [0.5, 0.6) is 0 Å². The Bertz CT molecular complexity index is 1320. The number of aromatic nitrogens is 3. The number of hydrogen-bond acceptors (Lipinski definition) is 4. The van der Waals surface area contributed by atoms with E-state index < -0.39 is 11.9 Å². The van der Waals surface area contributed by atoms with Crippen LogP contribution in [0.25, 0.3) is 22.2 Å². The van der Waals surface area contributed by atoms with E-state index in [1.807, 2.05) is 42.5 Å². The highest BCUT2D eigenvalue weighted by Gasteiger charge is 2.33. The Labute approximate surface area is 171 Å². The number of nitrogens with one attached hydrogen (secondary N) is 1. The quantitative estimate of drug-likeness (QED) is 0.545. The molecular formula is C23H18FN5O. The van der Waals surface area contributed by atoms with E-state index in [-0.39, 0.29) is 5.82 Å². The van der Waals surface area contributed by atoms with Crippen LogP contribution in [0, 0.1) is 5.82 Å². The minimum absolute atomic E-state index is 0.357. The predicted molar refractivity (Wildman–Crippen MR) is 113 cm³/mol. The van der Waals surface area contributed by atoms with Gasteiger partial charge in [-0.25, -0.2) is 9.07 Å². The van der Waals surface area contributed by atoms with Gasteiger partial charge in [-0.1, -0.05) is 54.6 Å². The molecule has 1 unspecified atom stereocenters. The van der Waals surface area contributed by atoms with E-state index in [2.05, 4.69) is 10.3 Å². The molecule has 0 saturated carbocycles. The normalized spacial score (nSPS) is 15.7. The van der Waals surface area contributed by atoms with Crippen molar-refractivity contribution in [3.8, 4) is 11.4 Å². The van der Waals surface area contributed by atoms with Crippen molar-refractivity contribution in [2.45, 2.75) is 13.0 Å². The first-order chi connectivity index (χ1) is 14.5. The van der Waals surface area contributed by atoms with Crippen molar-refractivity contribution in [3.05, 3.63) is 89.4 Å². The van der Waals surface area contributed by atoms with Gasteiger partial charge >= 0.3 is 0 Å². The number of halogens is 1. The van der Waals surface area contributed by atoms with Crippen molar-refractivity contribution in [1.82, 2.24) is 14.8 Å². The molecule has 5 rings (SSSR count). The average Bonchev–Trinajstić information content (AvgIpc) is 3.16. The molecule has 0 saturated heterocycles. The number of rotatable bonds is 3. The fourth-order valence-corrected chi connectivity index (χ4v) is 3.96. The zero-order valence-electron chi connectivity index (χ0n) is 16.1. The van der Waals surface area contributed by atoms with Crippen LogP contribution in [-0.4, -0.2) is 20.7 Å². The second-order valence-corrected chi connectivity index (χ2v) is 7.21. The van der Waals surface area contributed by atoms with Gasteiger partial charge in [-0.3, -0.25) is 4.79 Å². The van der Waals surface area contributed by atoms with Crippen LogP contribution in [0.4, 0.5) is 10.3 Å². The molecule has 1 atom stereocenters. The fraction of sp³-hybridized carbons (Fsp3) is 0.0870. The van der Waals surface area contributed by atoms with Crippen LogP contribution in [0.3, 0.4) is 0 Å². The number of carbonyl (C=O) groups is 1. The number of primary amides is 1. The molecule has 4 aromatic rings. The monoisotopic (exact) mass is 399 g/mol. The van der Waals surface area contributed by atoms with Gasteiger partial charge < -0.3 is 11.1 Å². The summed E-state index contributed by atoms with van der Waals surface area (Å²) < 4.78 is 15.1. The lowest BCUT2D eigenvalue weighted by molar-refractivity contribution is -0.115. The third-order valence-electron chi connectivity index (χ3n) is 5.33. The average molecular weight is 399 g/mol. The summed E-state index contributed by atoms with van der Waals surface area (Å²) in [5.41, 5.74) is 8.23. The van der Waals surface area contributed by atoms with Gasteiger partial charge in [0.1, 0.15) is 11.9 Å². The van der Waals surface area contributed by atoms with Crippen LogP contribution in [0.15, 0.2) is 78.0 Å². The van der Waals surface area contributed by atoms with Crippen LogP contribution in [0.2, 0.25) is 0 Å². The molecule has 0 radical (unpaired) electrons. The number of anilines is 1. The van der Waals surface area contributed by atoms with Gasteiger partial charge in [0.15, 0.2) is 5.82 Å². The molecule has 1 aliphatic heterocycles. The van der Waals surface area contributed by atoms with E-state index in [1.54, 1.807) is 23.7 Å². The molecule has 0 aliphatic carbocycles. The Morgan fingerprint density at radius 1 is 1.07 bits per heavy atom. The molecule has 7 heteroatoms. The SMILES string of the molecule is CC1=C(C(N)=O)C(c2ccc(F)cc2)n2nc(-c3cccc4ccccc34)nc2N1. The van der Waals surface area contributed by atoms with Crippen LogP contribution in [-0.2, 0) is 4.79 Å². The van der Waals surface area contributed by atoms with E-state index in [9.17, 15) is 9.18 Å². The lowest BCUT2D eigenvalue weighted by atomic mass is 9.95. The Balaban J connectivity index is 1.71. The number of hydrogen-bond donors (Lipinski definition) is 2. The number of amides is 1. The molecule has 148 valence electrons. The molecule has 2 heterocycles. The first kappa shape index (κ1) is 18.1. The lowest BCUT2D eigenvalue weighted by Gasteiger charge is -2.27. The number of fused-ring (bicyclic) bond motifs is 2. The summed E-state index contributed by atoms with van der Waals surface area (Å²) >= 11 is 0. The van der Waals surface area contributed by atoms with E-state index in [1.165, 1.54) is 12.1 Å². The highest BCUT2D eigenvalue weighted by Crippen LogP contribution is 2.37. The summed E-state index contributed by atoms with van der Waals surface area (Å²) in [7, 11) is 0. The predicted octanol–water partition coefficient (Wildman–Crippen LogP) is 4.01. The Kier molecular flexibility index (Phi) is 4.10. The van der Waals surface area contributed by atoms with Crippen molar-refractivity contribution < 1.29 is 9.18 Å². The van der Waals surface area contributed by atoms with Gasteiger partial charge in [0.25, 0.3) is 0 Å². The van der Waals surface area contributed by atoms with Gasteiger partial charge in [0.2, 0.25) is 11.9 Å². The number of allylic oxidation sites excluding steroid dienone is 1. The van der Waals surface area contributed by atoms with Crippen molar-refractivity contribution >= 4 is 22.6 Å². The Hall–Kier alpha value is -4.00. The Morgan fingerprint density at radius 3 is 2.57 bits per heavy atom. The number of nitrogens with two attached hydrogens (primary N) is 1. The maximum Gasteiger partial charge on any atom is 0.248 e. The van der Waals surface area contributed by atoms with Crippen LogP contribution < -0.4 is 11.1 Å². The first-order valence-corrected chi connectivity index (χ1v) is 9.50. The van der Waals surface area contributed by atoms with Crippen molar-refractivity contribution in [2.24, 2.45) is 5.73 Å². The molecule has 3 N–H and O–H groups in total. The third kappa shape index (κ3) is 2.83. The Morgan fingerprint density at radius 2 is 1.80 bits per heavy atom. The summed E-state index contributed by atoms with van der Waals surface area (Å²) in [5.74, 6) is 0.0983. The molecule has 6 nitrogen and oxygen atoms in total. The van der Waals surface area contributed by atoms with E-state index in [4.69, 9.17) is 10.8 Å². The molecule has 1 aromatic heterocycles. The fourth-order valence-electron chi connectivity index (χ4n) is 3.96. The summed E-state index contributed by atoms with van der Waals surface area (Å²) in [5, 5.41) is 9.97. The third-order valence-corrected chi connectivity index (χ3v) is 5.33. The minimum Gasteiger partial charge on any atom is -0.366 e. The second-order valence-electron chi connectivity index (χ2n) is 7.21. The molecule has 30 heavy (non-hydrogen) atoms. The molecule has 1 aliphatic rings. The molecule has 0 bridgehead atoms. The van der Waals surface area contributed by atoms with Gasteiger partial charge in [-0.05, 0) is 35.4 Å². The highest BCUT2D eigenvalue weighted by molar-refractivity contribution is 5.96. The maximum atomic E-state index is 13.5. The molecule has 0 spiro atoms. The van der Waals surface area contributed by atoms with E-state index in [0.29, 0.717) is 28.6 Å². The standard InChI is InChI=1S/C23H18FN5O/c1-13-19(21(25)30)20(15-9-11-16(24)12-10-15)29-23(26-13)27-22(28-29)18-8-4-6-14-5-2-3-7-17(14)18/h2-12,20H,1H3,(H2,25,30)(H,26,27,28). The first-order valence-electron chi connectivity index (χ1n) is 9.50. The summed E-state index contributed by atoms with van der Waals surface area (Å²) in [6.07, 6.45) is 0. The number of benzene rings is 3. The van der Waals surface area contributed by atoms with Crippen molar-refractivity contribution in [2.75, 3.05) is 5.32 Å². The highest BCUT2D eigenvalue weighted by atomic mass is 19.1. The van der Waals surface area contributed by atoms with E-state index in [0.717, 1.165) is 16.3 Å². The number of carbonyl (C=O) groups excluding carboxylic acids is 1. The van der Waals surface area contributed by atoms with Crippen LogP contribution >= 0.6 is 0 Å². The molecule has 1 amide bonds. The van der Waals surface area contributed by atoms with Crippen LogP contribution in [0.1, 0.15) is 18.5 Å². The maximum absolute atomic E-state index is 13.5. The summed E-state index contributed by atoms with van der Waals surface area (Å²) in [6, 6.07) is 19.3. The smallest absolute Gasteiger partial charge is 0.248 e.